The number of carbonyl (C=O) groups excluding carboxylic acids is 1. The maximum Gasteiger partial charge on any atom is 0.272 e. The number of rotatable bonds is 1. The van der Waals surface area contributed by atoms with Crippen LogP contribution in [0.15, 0.2) is 42.5 Å². The van der Waals surface area contributed by atoms with Gasteiger partial charge in [-0.3, -0.25) is 4.79 Å². The Bertz CT molecular complexity index is 799. The van der Waals surface area contributed by atoms with Crippen molar-refractivity contribution in [2.45, 2.75) is 26.2 Å². The van der Waals surface area contributed by atoms with Crippen LogP contribution in [0.25, 0.3) is 0 Å². The van der Waals surface area contributed by atoms with Crippen molar-refractivity contribution in [1.82, 2.24) is 0 Å². The second kappa shape index (κ2) is 4.96. The Morgan fingerprint density at radius 3 is 2.27 bits per heavy atom. The molecule has 3 rings (SSSR count). The molecule has 22 heavy (non-hydrogen) atoms. The average molecular weight is 314 g/mol. The van der Waals surface area contributed by atoms with Crippen LogP contribution < -0.4 is 0 Å². The van der Waals surface area contributed by atoms with Crippen LogP contribution in [0.3, 0.4) is 0 Å². The smallest absolute Gasteiger partial charge is 0.272 e. The maximum absolute atomic E-state index is 12.7. The second-order valence-electron chi connectivity index (χ2n) is 6.46. The van der Waals surface area contributed by atoms with Crippen molar-refractivity contribution in [3.05, 3.63) is 69.4 Å². The van der Waals surface area contributed by atoms with E-state index < -0.39 is 0 Å². The number of carbonyl (C=O) groups is 1. The molecule has 1 heterocycles. The number of halogens is 1. The van der Waals surface area contributed by atoms with E-state index >= 15 is 0 Å². The molecule has 0 spiro atoms. The summed E-state index contributed by atoms with van der Waals surface area (Å²) in [5, 5.41) is 13.0. The lowest BCUT2D eigenvalue weighted by Crippen LogP contribution is -2.16. The standard InChI is InChI=1S/C18H16ClNO2/c1-18(2,3)12-6-9-15-14(10-12)17(21)16(20(15)22)11-4-7-13(19)8-5-11/h4-10H,1-3H3. The van der Waals surface area contributed by atoms with Crippen LogP contribution in [0, 0.1) is 5.21 Å². The zero-order valence-corrected chi connectivity index (χ0v) is 13.4. The molecule has 3 nitrogen and oxygen atoms in total. The fourth-order valence-electron chi connectivity index (χ4n) is 2.56. The van der Waals surface area contributed by atoms with Gasteiger partial charge in [-0.25, -0.2) is 0 Å². The Balaban J connectivity index is 2.11. The lowest BCUT2D eigenvalue weighted by Gasteiger charge is -2.19. The molecule has 0 aromatic heterocycles. The summed E-state index contributed by atoms with van der Waals surface area (Å²) in [7, 11) is 0. The van der Waals surface area contributed by atoms with E-state index in [4.69, 9.17) is 11.6 Å². The third-order valence-electron chi connectivity index (χ3n) is 3.86. The summed E-state index contributed by atoms with van der Waals surface area (Å²) in [5.41, 5.74) is 2.56. The first-order chi connectivity index (χ1) is 10.3. The fourth-order valence-corrected chi connectivity index (χ4v) is 2.68. The molecule has 0 N–H and O–H groups in total. The summed E-state index contributed by atoms with van der Waals surface area (Å²) < 4.78 is 0.716. The quantitative estimate of drug-likeness (QED) is 0.576. The third-order valence-corrected chi connectivity index (χ3v) is 4.11. The van der Waals surface area contributed by atoms with Gasteiger partial charge in [0.2, 0.25) is 5.69 Å². The third kappa shape index (κ3) is 2.32. The van der Waals surface area contributed by atoms with E-state index in [1.165, 1.54) is 0 Å². The minimum atomic E-state index is -0.238. The molecule has 0 saturated heterocycles. The van der Waals surface area contributed by atoms with Gasteiger partial charge in [0.1, 0.15) is 5.56 Å². The molecule has 0 fully saturated rings. The minimum Gasteiger partial charge on any atom is -0.618 e. The molecular weight excluding hydrogens is 298 g/mol. The molecule has 2 aromatic carbocycles. The molecule has 112 valence electrons. The van der Waals surface area contributed by atoms with Gasteiger partial charge in [-0.1, -0.05) is 38.4 Å². The molecule has 0 unspecified atom stereocenters. The number of Topliss-reactive ketones (excluding diaryl/α,β-unsaturated/α-hetero) is 1. The van der Waals surface area contributed by atoms with E-state index in [1.807, 2.05) is 12.1 Å². The molecule has 1 aliphatic heterocycles. The van der Waals surface area contributed by atoms with E-state index in [-0.39, 0.29) is 16.9 Å². The molecule has 4 heteroatoms. The first kappa shape index (κ1) is 14.8. The normalized spacial score (nSPS) is 14.5. The van der Waals surface area contributed by atoms with Gasteiger partial charge in [0.25, 0.3) is 11.5 Å². The SMILES string of the molecule is CC(C)(C)c1ccc2c(c1)C(=O)C(c1ccc(Cl)cc1)=[N+]2[O-]. The number of ketones is 1. The molecule has 0 bridgehead atoms. The van der Waals surface area contributed by atoms with Gasteiger partial charge in [-0.15, -0.1) is 0 Å². The Morgan fingerprint density at radius 1 is 1.05 bits per heavy atom. The summed E-state index contributed by atoms with van der Waals surface area (Å²) in [6.45, 7) is 6.23. The van der Waals surface area contributed by atoms with Crippen LogP contribution in [0.5, 0.6) is 0 Å². The molecule has 0 amide bonds. The van der Waals surface area contributed by atoms with Crippen LogP contribution in [0.4, 0.5) is 5.69 Å². The highest BCUT2D eigenvalue weighted by Crippen LogP contribution is 2.33. The molecule has 0 atom stereocenters. The van der Waals surface area contributed by atoms with Crippen molar-refractivity contribution in [3.8, 4) is 0 Å². The van der Waals surface area contributed by atoms with Crippen molar-refractivity contribution < 1.29 is 9.53 Å². The summed E-state index contributed by atoms with van der Waals surface area (Å²) in [6, 6.07) is 12.2. The lowest BCUT2D eigenvalue weighted by molar-refractivity contribution is -0.355. The van der Waals surface area contributed by atoms with Crippen LogP contribution in [0.1, 0.15) is 42.3 Å². The number of benzene rings is 2. The molecule has 2 aromatic rings. The summed E-state index contributed by atoms with van der Waals surface area (Å²) in [4.78, 5) is 12.7. The molecule has 0 radical (unpaired) electrons. The zero-order valence-electron chi connectivity index (χ0n) is 12.7. The van der Waals surface area contributed by atoms with Crippen LogP contribution >= 0.6 is 11.6 Å². The summed E-state index contributed by atoms with van der Waals surface area (Å²) >= 11 is 5.87. The van der Waals surface area contributed by atoms with E-state index in [2.05, 4.69) is 20.8 Å². The van der Waals surface area contributed by atoms with Crippen molar-refractivity contribution >= 4 is 28.8 Å². The van der Waals surface area contributed by atoms with Gasteiger partial charge < -0.3 is 5.21 Å². The predicted octanol–water partition coefficient (Wildman–Crippen LogP) is 4.46. The van der Waals surface area contributed by atoms with E-state index in [0.29, 0.717) is 26.6 Å². The Kier molecular flexibility index (Phi) is 3.33. The van der Waals surface area contributed by atoms with Crippen molar-refractivity contribution in [1.29, 1.82) is 0 Å². The predicted molar refractivity (Wildman–Crippen MR) is 88.3 cm³/mol. The number of hydrogen-bond donors (Lipinski definition) is 0. The van der Waals surface area contributed by atoms with Gasteiger partial charge in [0.15, 0.2) is 0 Å². The topological polar surface area (TPSA) is 43.1 Å². The van der Waals surface area contributed by atoms with E-state index in [0.717, 1.165) is 5.56 Å². The minimum absolute atomic E-state index is 0.0773. The van der Waals surface area contributed by atoms with Gasteiger partial charge in [0, 0.05) is 11.1 Å². The second-order valence-corrected chi connectivity index (χ2v) is 6.90. The first-order valence-corrected chi connectivity index (χ1v) is 7.46. The summed E-state index contributed by atoms with van der Waals surface area (Å²) in [6.07, 6.45) is 0. The van der Waals surface area contributed by atoms with Crippen LogP contribution in [-0.2, 0) is 5.41 Å². The highest BCUT2D eigenvalue weighted by atomic mass is 35.5. The number of fused-ring (bicyclic) bond motifs is 1. The first-order valence-electron chi connectivity index (χ1n) is 7.08. The monoisotopic (exact) mass is 313 g/mol. The van der Waals surface area contributed by atoms with Crippen LogP contribution in [-0.4, -0.2) is 16.2 Å². The highest BCUT2D eigenvalue weighted by molar-refractivity contribution is 6.52. The van der Waals surface area contributed by atoms with Gasteiger partial charge >= 0.3 is 0 Å². The van der Waals surface area contributed by atoms with Crippen LogP contribution in [0.2, 0.25) is 5.02 Å². The lowest BCUT2D eigenvalue weighted by atomic mass is 9.85. The van der Waals surface area contributed by atoms with Gasteiger partial charge in [-0.2, -0.15) is 4.74 Å². The molecule has 0 aliphatic carbocycles. The fraction of sp³-hybridized carbons (Fsp3) is 0.222. The molecular formula is C18H16ClNO2. The van der Waals surface area contributed by atoms with E-state index in [1.54, 1.807) is 30.3 Å². The Labute approximate surface area is 134 Å². The van der Waals surface area contributed by atoms with Crippen molar-refractivity contribution in [3.63, 3.8) is 0 Å². The largest absolute Gasteiger partial charge is 0.618 e. The summed E-state index contributed by atoms with van der Waals surface area (Å²) in [5.74, 6) is -0.238. The van der Waals surface area contributed by atoms with Crippen molar-refractivity contribution in [2.75, 3.05) is 0 Å². The Hall–Kier alpha value is -2.13. The van der Waals surface area contributed by atoms with Gasteiger partial charge in [-0.05, 0) is 41.3 Å². The zero-order chi connectivity index (χ0) is 16.1. The van der Waals surface area contributed by atoms with Gasteiger partial charge in [0.05, 0.1) is 5.56 Å². The van der Waals surface area contributed by atoms with E-state index in [9.17, 15) is 10.0 Å². The Morgan fingerprint density at radius 2 is 1.68 bits per heavy atom. The highest BCUT2D eigenvalue weighted by Gasteiger charge is 2.37. The average Bonchev–Trinajstić information content (AvgIpc) is 2.71. The number of hydrogen-bond acceptors (Lipinski definition) is 2. The maximum atomic E-state index is 12.7. The molecule has 0 saturated carbocycles. The van der Waals surface area contributed by atoms with Crippen molar-refractivity contribution in [2.24, 2.45) is 0 Å². The number of nitrogens with zero attached hydrogens (tertiary/aromatic N) is 1. The molecule has 1 aliphatic rings.